The van der Waals surface area contributed by atoms with Crippen molar-refractivity contribution in [2.75, 3.05) is 7.11 Å². The van der Waals surface area contributed by atoms with E-state index in [2.05, 4.69) is 9.39 Å². The molecule has 0 bridgehead atoms. The molecule has 0 spiro atoms. The lowest BCUT2D eigenvalue weighted by Gasteiger charge is -2.03. The van der Waals surface area contributed by atoms with Gasteiger partial charge in [0.2, 0.25) is 0 Å². The molecule has 2 N–H and O–H groups in total. The topological polar surface area (TPSA) is 76.0 Å². The van der Waals surface area contributed by atoms with E-state index in [1.54, 1.807) is 30.3 Å². The van der Waals surface area contributed by atoms with Crippen LogP contribution in [0.2, 0.25) is 0 Å². The van der Waals surface area contributed by atoms with Gasteiger partial charge in [-0.2, -0.15) is 0 Å². The summed E-state index contributed by atoms with van der Waals surface area (Å²) in [6.45, 7) is 0. The molecule has 0 radical (unpaired) electrons. The number of methoxy groups -OCH3 is 1. The van der Waals surface area contributed by atoms with E-state index < -0.39 is 13.3 Å². The first-order valence-electron chi connectivity index (χ1n) is 4.50. The van der Waals surface area contributed by atoms with Gasteiger partial charge >= 0.3 is 13.3 Å². The van der Waals surface area contributed by atoms with Crippen molar-refractivity contribution < 1.29 is 24.2 Å². The molecule has 6 heteroatoms. The van der Waals surface area contributed by atoms with Gasteiger partial charge in [-0.05, 0) is 23.8 Å². The molecule has 0 saturated carbocycles. The summed E-state index contributed by atoms with van der Waals surface area (Å²) in [6, 6.07) is 6.43. The average Bonchev–Trinajstić information content (AvgIpc) is 2.27. The van der Waals surface area contributed by atoms with Crippen LogP contribution in [0.5, 0.6) is 5.75 Å². The molecule has 16 heavy (non-hydrogen) atoms. The Morgan fingerprint density at radius 3 is 2.44 bits per heavy atom. The lowest BCUT2D eigenvalue weighted by atomic mass is 10.2. The van der Waals surface area contributed by atoms with Gasteiger partial charge in [-0.15, -0.1) is 0 Å². The van der Waals surface area contributed by atoms with Crippen LogP contribution in [0.25, 0.3) is 6.08 Å². The second kappa shape index (κ2) is 5.94. The maximum atomic E-state index is 10.8. The number of carbonyl (C=O) groups excluding carboxylic acids is 1. The van der Waals surface area contributed by atoms with Gasteiger partial charge in [-0.25, -0.2) is 4.79 Å². The number of carbonyl (C=O) groups is 1. The molecule has 0 aliphatic heterocycles. The predicted octanol–water partition coefficient (Wildman–Crippen LogP) is 0.221. The predicted molar refractivity (Wildman–Crippen MR) is 58.3 cm³/mol. The number of ether oxygens (including phenoxy) is 1. The summed E-state index contributed by atoms with van der Waals surface area (Å²) in [7, 11) is -0.539. The summed E-state index contributed by atoms with van der Waals surface area (Å²) in [6.07, 6.45) is 2.86. The molecule has 0 atom stereocenters. The molecular weight excluding hydrogens is 211 g/mol. The Bertz CT molecular complexity index is 371. The van der Waals surface area contributed by atoms with Crippen molar-refractivity contribution in [3.8, 4) is 5.75 Å². The number of hydrogen-bond donors (Lipinski definition) is 2. The molecule has 5 nitrogen and oxygen atoms in total. The molecule has 1 rings (SSSR count). The third kappa shape index (κ3) is 4.16. The van der Waals surface area contributed by atoms with E-state index in [0.29, 0.717) is 5.75 Å². The minimum atomic E-state index is -1.84. The maximum Gasteiger partial charge on any atom is 0.707 e. The van der Waals surface area contributed by atoms with E-state index in [9.17, 15) is 4.79 Å². The second-order valence-corrected chi connectivity index (χ2v) is 2.87. The van der Waals surface area contributed by atoms with Crippen molar-refractivity contribution >= 4 is 19.4 Å². The van der Waals surface area contributed by atoms with E-state index >= 15 is 0 Å². The standard InChI is InChI=1S/C10H11BO5/c1-15-10(12)7-4-8-2-5-9(6-3-8)16-11(13)14/h2-7,13-14H,1H3/b7-4+. The van der Waals surface area contributed by atoms with E-state index in [4.69, 9.17) is 10.0 Å². The highest BCUT2D eigenvalue weighted by molar-refractivity contribution is 6.33. The second-order valence-electron chi connectivity index (χ2n) is 2.87. The van der Waals surface area contributed by atoms with Crippen molar-refractivity contribution in [3.05, 3.63) is 35.9 Å². The summed E-state index contributed by atoms with van der Waals surface area (Å²) in [5.41, 5.74) is 0.769. The van der Waals surface area contributed by atoms with Crippen LogP contribution in [0.4, 0.5) is 0 Å². The zero-order chi connectivity index (χ0) is 12.0. The molecule has 0 saturated heterocycles. The largest absolute Gasteiger partial charge is 0.707 e. The van der Waals surface area contributed by atoms with Crippen LogP contribution in [0.15, 0.2) is 30.3 Å². The molecule has 0 amide bonds. The molecule has 1 aromatic carbocycles. The minimum Gasteiger partial charge on any atom is -0.512 e. The van der Waals surface area contributed by atoms with Gasteiger partial charge < -0.3 is 19.4 Å². The Labute approximate surface area is 93.1 Å². The molecule has 0 heterocycles. The average molecular weight is 222 g/mol. The zero-order valence-corrected chi connectivity index (χ0v) is 8.66. The lowest BCUT2D eigenvalue weighted by molar-refractivity contribution is -0.134. The van der Waals surface area contributed by atoms with Crippen LogP contribution < -0.4 is 4.65 Å². The molecule has 0 aliphatic carbocycles. The van der Waals surface area contributed by atoms with Gasteiger partial charge in [0, 0.05) is 6.08 Å². The first-order chi connectivity index (χ1) is 7.61. The summed E-state index contributed by atoms with van der Waals surface area (Å²) in [5.74, 6) is -0.115. The monoisotopic (exact) mass is 222 g/mol. The van der Waals surface area contributed by atoms with Crippen molar-refractivity contribution in [1.29, 1.82) is 0 Å². The van der Waals surface area contributed by atoms with Crippen molar-refractivity contribution in [2.24, 2.45) is 0 Å². The minimum absolute atomic E-state index is 0.324. The van der Waals surface area contributed by atoms with Crippen molar-refractivity contribution in [2.45, 2.75) is 0 Å². The van der Waals surface area contributed by atoms with E-state index in [1.165, 1.54) is 13.2 Å². The van der Waals surface area contributed by atoms with Gasteiger partial charge in [0.25, 0.3) is 0 Å². The Kier molecular flexibility index (Phi) is 4.56. The lowest BCUT2D eigenvalue weighted by Crippen LogP contribution is -2.20. The number of benzene rings is 1. The molecule has 1 aromatic rings. The SMILES string of the molecule is COC(=O)/C=C/c1ccc(OB(O)O)cc1. The first-order valence-corrected chi connectivity index (χ1v) is 4.50. The summed E-state index contributed by atoms with van der Waals surface area (Å²) >= 11 is 0. The smallest absolute Gasteiger partial charge is 0.512 e. The number of esters is 1. The van der Waals surface area contributed by atoms with Crippen LogP contribution in [0, 0.1) is 0 Å². The van der Waals surface area contributed by atoms with Gasteiger partial charge in [0.15, 0.2) is 0 Å². The molecule has 0 aliphatic rings. The van der Waals surface area contributed by atoms with Gasteiger partial charge in [-0.3, -0.25) is 0 Å². The van der Waals surface area contributed by atoms with Crippen molar-refractivity contribution in [1.82, 2.24) is 0 Å². The summed E-state index contributed by atoms with van der Waals surface area (Å²) in [5, 5.41) is 17.1. The molecule has 84 valence electrons. The van der Waals surface area contributed by atoms with Gasteiger partial charge in [-0.1, -0.05) is 12.1 Å². The van der Waals surface area contributed by atoms with Crippen LogP contribution in [-0.2, 0) is 9.53 Å². The van der Waals surface area contributed by atoms with Crippen LogP contribution in [-0.4, -0.2) is 30.4 Å². The van der Waals surface area contributed by atoms with E-state index in [-0.39, 0.29) is 0 Å². The van der Waals surface area contributed by atoms with Gasteiger partial charge in [0.1, 0.15) is 5.75 Å². The Hall–Kier alpha value is -1.79. The highest BCUT2D eigenvalue weighted by Gasteiger charge is 2.10. The van der Waals surface area contributed by atoms with Crippen LogP contribution in [0.1, 0.15) is 5.56 Å². The van der Waals surface area contributed by atoms with Crippen molar-refractivity contribution in [3.63, 3.8) is 0 Å². The first kappa shape index (κ1) is 12.3. The Morgan fingerprint density at radius 1 is 1.31 bits per heavy atom. The third-order valence-corrected chi connectivity index (χ3v) is 1.73. The van der Waals surface area contributed by atoms with E-state index in [0.717, 1.165) is 5.56 Å². The fourth-order valence-electron chi connectivity index (χ4n) is 1.01. The highest BCUT2D eigenvalue weighted by atomic mass is 16.6. The quantitative estimate of drug-likeness (QED) is 0.433. The zero-order valence-electron chi connectivity index (χ0n) is 8.66. The maximum absolute atomic E-state index is 10.8. The van der Waals surface area contributed by atoms with Crippen LogP contribution >= 0.6 is 0 Å². The fourth-order valence-corrected chi connectivity index (χ4v) is 1.01. The molecular formula is C10H11BO5. The van der Waals surface area contributed by atoms with E-state index in [1.807, 2.05) is 0 Å². The normalized spacial score (nSPS) is 10.2. The molecule has 0 fully saturated rings. The number of hydrogen-bond acceptors (Lipinski definition) is 5. The summed E-state index contributed by atoms with van der Waals surface area (Å²) < 4.78 is 9.04. The molecule has 0 unspecified atom stereocenters. The number of rotatable bonds is 4. The fraction of sp³-hybridized carbons (Fsp3) is 0.100. The summed E-state index contributed by atoms with van der Waals surface area (Å²) in [4.78, 5) is 10.8. The third-order valence-electron chi connectivity index (χ3n) is 1.73. The Balaban J connectivity index is 2.64. The Morgan fingerprint density at radius 2 is 1.94 bits per heavy atom. The van der Waals surface area contributed by atoms with Gasteiger partial charge in [0.05, 0.1) is 7.11 Å². The highest BCUT2D eigenvalue weighted by Crippen LogP contribution is 2.13. The molecule has 0 aromatic heterocycles. The van der Waals surface area contributed by atoms with Crippen LogP contribution in [0.3, 0.4) is 0 Å².